The molecule has 0 aromatic heterocycles. The van der Waals surface area contributed by atoms with Gasteiger partial charge < -0.3 is 15.4 Å². The van der Waals surface area contributed by atoms with Gasteiger partial charge in [-0.15, -0.1) is 0 Å². The van der Waals surface area contributed by atoms with Crippen LogP contribution in [0.5, 0.6) is 0 Å². The molecule has 3 rings (SSSR count). The molecule has 2 N–H and O–H groups in total. The van der Waals surface area contributed by atoms with Crippen LogP contribution in [0, 0.1) is 5.41 Å². The van der Waals surface area contributed by atoms with Gasteiger partial charge in [0.2, 0.25) is 5.91 Å². The Morgan fingerprint density at radius 1 is 1.28 bits per heavy atom. The van der Waals surface area contributed by atoms with Gasteiger partial charge >= 0.3 is 0 Å². The Morgan fingerprint density at radius 2 is 2.06 bits per heavy atom. The molecule has 1 aromatic rings. The molecule has 1 aliphatic carbocycles. The van der Waals surface area contributed by atoms with Crippen molar-refractivity contribution in [2.24, 2.45) is 5.41 Å². The zero-order valence-electron chi connectivity index (χ0n) is 20.2. The van der Waals surface area contributed by atoms with E-state index in [4.69, 9.17) is 16.3 Å². The van der Waals surface area contributed by atoms with Crippen molar-refractivity contribution in [2.75, 3.05) is 33.4 Å². The molecule has 6 heteroatoms. The predicted octanol–water partition coefficient (Wildman–Crippen LogP) is 4.55. The first kappa shape index (κ1) is 25.2. The molecular formula is C26H40ClN3O2. The Bertz CT molecular complexity index is 808. The molecule has 5 nitrogen and oxygen atoms in total. The Hall–Kier alpha value is -1.40. The van der Waals surface area contributed by atoms with E-state index >= 15 is 0 Å². The van der Waals surface area contributed by atoms with Crippen molar-refractivity contribution in [3.63, 3.8) is 0 Å². The molecule has 1 amide bonds. The highest BCUT2D eigenvalue weighted by Crippen LogP contribution is 2.41. The Balaban J connectivity index is 1.62. The minimum atomic E-state index is -0.160. The predicted molar refractivity (Wildman–Crippen MR) is 132 cm³/mol. The van der Waals surface area contributed by atoms with Crippen molar-refractivity contribution in [3.05, 3.63) is 46.0 Å². The Kier molecular flexibility index (Phi) is 9.18. The average Bonchev–Trinajstić information content (AvgIpc) is 3.14. The molecule has 178 valence electrons. The molecule has 1 saturated heterocycles. The van der Waals surface area contributed by atoms with Crippen LogP contribution in [-0.4, -0.2) is 56.2 Å². The molecular weight excluding hydrogens is 422 g/mol. The van der Waals surface area contributed by atoms with Crippen LogP contribution in [0.3, 0.4) is 0 Å². The van der Waals surface area contributed by atoms with E-state index < -0.39 is 0 Å². The van der Waals surface area contributed by atoms with Gasteiger partial charge in [0.25, 0.3) is 0 Å². The second-order valence-corrected chi connectivity index (χ2v) is 10.4. The van der Waals surface area contributed by atoms with E-state index in [0.717, 1.165) is 36.5 Å². The molecule has 2 atom stereocenters. The minimum Gasteiger partial charge on any atom is -0.383 e. The number of amides is 1. The van der Waals surface area contributed by atoms with Crippen LogP contribution in [0.1, 0.15) is 58.4 Å². The van der Waals surface area contributed by atoms with Crippen molar-refractivity contribution in [3.8, 4) is 0 Å². The molecule has 0 saturated carbocycles. The highest BCUT2D eigenvalue weighted by molar-refractivity contribution is 6.31. The number of halogens is 1. The van der Waals surface area contributed by atoms with E-state index in [1.807, 2.05) is 24.3 Å². The van der Waals surface area contributed by atoms with Gasteiger partial charge in [0, 0.05) is 37.8 Å². The summed E-state index contributed by atoms with van der Waals surface area (Å²) >= 11 is 6.41. The maximum absolute atomic E-state index is 12.9. The molecule has 1 fully saturated rings. The molecule has 0 bridgehead atoms. The summed E-state index contributed by atoms with van der Waals surface area (Å²) in [6.07, 6.45) is 5.71. The highest BCUT2D eigenvalue weighted by atomic mass is 35.5. The monoisotopic (exact) mass is 461 g/mol. The molecule has 0 spiro atoms. The Labute approximate surface area is 198 Å². The van der Waals surface area contributed by atoms with Gasteiger partial charge in [-0.3, -0.25) is 9.69 Å². The number of nitrogens with zero attached hydrogens (tertiary/aromatic N) is 1. The summed E-state index contributed by atoms with van der Waals surface area (Å²) in [4.78, 5) is 15.2. The van der Waals surface area contributed by atoms with Gasteiger partial charge in [0.15, 0.2) is 0 Å². The van der Waals surface area contributed by atoms with Crippen LogP contribution in [0.25, 0.3) is 0 Å². The zero-order chi connectivity index (χ0) is 23.1. The van der Waals surface area contributed by atoms with Gasteiger partial charge in [0.05, 0.1) is 12.6 Å². The molecule has 0 unspecified atom stereocenters. The number of rotatable bonds is 10. The highest BCUT2D eigenvalue weighted by Gasteiger charge is 2.37. The minimum absolute atomic E-state index is 0.0744. The van der Waals surface area contributed by atoms with E-state index in [0.29, 0.717) is 31.2 Å². The van der Waals surface area contributed by atoms with E-state index in [1.54, 1.807) is 18.3 Å². The normalized spacial score (nSPS) is 23.5. The number of hydrogen-bond acceptors (Lipinski definition) is 4. The molecule has 32 heavy (non-hydrogen) atoms. The second-order valence-electron chi connectivity index (χ2n) is 9.95. The van der Waals surface area contributed by atoms with Crippen LogP contribution in [0.4, 0.5) is 0 Å². The lowest BCUT2D eigenvalue weighted by molar-refractivity contribution is -0.125. The van der Waals surface area contributed by atoms with Gasteiger partial charge in [0.1, 0.15) is 0 Å². The lowest BCUT2D eigenvalue weighted by Gasteiger charge is -2.35. The lowest BCUT2D eigenvalue weighted by atomic mass is 9.71. The lowest BCUT2D eigenvalue weighted by Crippen LogP contribution is -2.43. The number of carbonyl (C=O) groups excluding carboxylic acids is 1. The average molecular weight is 462 g/mol. The molecule has 1 aromatic carbocycles. The first-order valence-corrected chi connectivity index (χ1v) is 12.4. The van der Waals surface area contributed by atoms with Crippen LogP contribution in [0.2, 0.25) is 5.02 Å². The van der Waals surface area contributed by atoms with Crippen molar-refractivity contribution in [2.45, 2.75) is 71.5 Å². The maximum atomic E-state index is 12.9. The zero-order valence-corrected chi connectivity index (χ0v) is 20.9. The van der Waals surface area contributed by atoms with E-state index in [9.17, 15) is 4.79 Å². The summed E-state index contributed by atoms with van der Waals surface area (Å²) in [5.41, 5.74) is 4.56. The van der Waals surface area contributed by atoms with E-state index in [2.05, 4.69) is 36.3 Å². The van der Waals surface area contributed by atoms with Crippen molar-refractivity contribution in [1.29, 1.82) is 0 Å². The molecule has 0 radical (unpaired) electrons. The first-order chi connectivity index (χ1) is 15.3. The maximum Gasteiger partial charge on any atom is 0.237 e. The summed E-state index contributed by atoms with van der Waals surface area (Å²) in [6.45, 7) is 10.6. The third-order valence-electron chi connectivity index (χ3n) is 7.14. The summed E-state index contributed by atoms with van der Waals surface area (Å²) < 4.78 is 5.09. The number of allylic oxidation sites excluding steroid dienone is 1. The molecule has 1 heterocycles. The topological polar surface area (TPSA) is 53.6 Å². The van der Waals surface area contributed by atoms with Crippen molar-refractivity contribution < 1.29 is 9.53 Å². The van der Waals surface area contributed by atoms with Gasteiger partial charge in [-0.05, 0) is 62.6 Å². The van der Waals surface area contributed by atoms with E-state index in [-0.39, 0.29) is 11.9 Å². The summed E-state index contributed by atoms with van der Waals surface area (Å²) in [6, 6.07) is 8.04. The van der Waals surface area contributed by atoms with Crippen LogP contribution < -0.4 is 10.6 Å². The number of methoxy groups -OCH3 is 1. The number of benzene rings is 1. The van der Waals surface area contributed by atoms with Crippen LogP contribution in [0.15, 0.2) is 35.4 Å². The van der Waals surface area contributed by atoms with Crippen LogP contribution >= 0.6 is 11.6 Å². The number of hydrogen-bond donors (Lipinski definition) is 2. The number of ether oxygens (including phenoxy) is 1. The van der Waals surface area contributed by atoms with Crippen LogP contribution in [-0.2, 0) is 16.1 Å². The van der Waals surface area contributed by atoms with Crippen molar-refractivity contribution >= 4 is 17.5 Å². The summed E-state index contributed by atoms with van der Waals surface area (Å²) in [5, 5.41) is 7.54. The first-order valence-electron chi connectivity index (χ1n) is 12.0. The van der Waals surface area contributed by atoms with Gasteiger partial charge in [-0.25, -0.2) is 0 Å². The van der Waals surface area contributed by atoms with Crippen molar-refractivity contribution in [1.82, 2.24) is 15.5 Å². The standard InChI is InChI=1S/C26H40ClN3O2/c1-19-8-7-12-26(2,3)22(19)11-13-28-21-16-24(25(31)29-14-15-32-4)30(18-21)17-20-9-5-6-10-23(20)27/h5-6,9-10,21,24,28H,7-8,11-18H2,1-4H3,(H,29,31)/t21-,24+/m1/s1. The fourth-order valence-electron chi connectivity index (χ4n) is 5.37. The molecule has 1 aliphatic heterocycles. The largest absolute Gasteiger partial charge is 0.383 e. The Morgan fingerprint density at radius 3 is 2.78 bits per heavy atom. The summed E-state index contributed by atoms with van der Waals surface area (Å²) in [7, 11) is 1.65. The molecule has 2 aliphatic rings. The smallest absolute Gasteiger partial charge is 0.237 e. The summed E-state index contributed by atoms with van der Waals surface area (Å²) in [5.74, 6) is 0.0744. The van der Waals surface area contributed by atoms with Gasteiger partial charge in [-0.2, -0.15) is 0 Å². The second kappa shape index (κ2) is 11.6. The number of likely N-dealkylation sites (tertiary alicyclic amines) is 1. The quantitative estimate of drug-likeness (QED) is 0.396. The fraction of sp³-hybridized carbons (Fsp3) is 0.654. The third kappa shape index (κ3) is 6.57. The third-order valence-corrected chi connectivity index (χ3v) is 7.51. The fourth-order valence-corrected chi connectivity index (χ4v) is 5.56. The number of carbonyl (C=O) groups is 1. The van der Waals surface area contributed by atoms with Gasteiger partial charge in [-0.1, -0.05) is 54.8 Å². The SMILES string of the molecule is COCCNC(=O)[C@@H]1C[C@@H](NCCC2=C(C)CCCC2(C)C)CN1Cc1ccccc1Cl. The number of nitrogens with one attached hydrogen (secondary N) is 2. The van der Waals surface area contributed by atoms with E-state index in [1.165, 1.54) is 19.3 Å².